The van der Waals surface area contributed by atoms with Crippen LogP contribution in [0.15, 0.2) is 54.7 Å². The fourth-order valence-electron chi connectivity index (χ4n) is 2.57. The van der Waals surface area contributed by atoms with Crippen molar-refractivity contribution in [2.75, 3.05) is 0 Å². The highest BCUT2D eigenvalue weighted by Gasteiger charge is 2.13. The minimum Gasteiger partial charge on any atom is -0.340 e. The number of aromatic amines is 1. The second-order valence-electron chi connectivity index (χ2n) is 5.39. The van der Waals surface area contributed by atoms with Gasteiger partial charge in [0, 0.05) is 5.56 Å². The molecule has 0 aliphatic heterocycles. The third-order valence-corrected chi connectivity index (χ3v) is 3.72. The van der Waals surface area contributed by atoms with E-state index in [1.807, 2.05) is 36.5 Å². The molecule has 0 saturated heterocycles. The predicted molar refractivity (Wildman–Crippen MR) is 86.0 cm³/mol. The first-order valence-corrected chi connectivity index (χ1v) is 7.08. The van der Waals surface area contributed by atoms with Crippen molar-refractivity contribution in [2.45, 2.75) is 19.9 Å². The van der Waals surface area contributed by atoms with E-state index in [0.29, 0.717) is 0 Å². The summed E-state index contributed by atoms with van der Waals surface area (Å²) in [7, 11) is 0. The number of nitrogens with one attached hydrogen (secondary N) is 1. The van der Waals surface area contributed by atoms with Gasteiger partial charge >= 0.3 is 0 Å². The van der Waals surface area contributed by atoms with Crippen LogP contribution in [0, 0.1) is 13.8 Å². The van der Waals surface area contributed by atoms with Crippen LogP contribution in [0.1, 0.15) is 28.6 Å². The largest absolute Gasteiger partial charge is 0.340 e. The van der Waals surface area contributed by atoms with Gasteiger partial charge in [-0.05, 0) is 25.0 Å². The van der Waals surface area contributed by atoms with Crippen LogP contribution in [0.2, 0.25) is 0 Å². The summed E-state index contributed by atoms with van der Waals surface area (Å²) in [5.74, 6) is 0.788. The van der Waals surface area contributed by atoms with Gasteiger partial charge in [-0.1, -0.05) is 54.1 Å². The molecule has 1 atom stereocenters. The van der Waals surface area contributed by atoms with Gasteiger partial charge in [0.15, 0.2) is 0 Å². The zero-order valence-corrected chi connectivity index (χ0v) is 12.3. The van der Waals surface area contributed by atoms with E-state index in [2.05, 4.69) is 42.0 Å². The van der Waals surface area contributed by atoms with Gasteiger partial charge in [0.05, 0.1) is 17.9 Å². The molecular weight excluding hydrogens is 258 g/mol. The Hall–Kier alpha value is -2.39. The van der Waals surface area contributed by atoms with Gasteiger partial charge < -0.3 is 10.7 Å². The molecule has 0 amide bonds. The lowest BCUT2D eigenvalue weighted by Crippen LogP contribution is -2.13. The number of aromatic nitrogens is 2. The lowest BCUT2D eigenvalue weighted by molar-refractivity contribution is 0.801. The second-order valence-corrected chi connectivity index (χ2v) is 5.39. The predicted octanol–water partition coefficient (Wildman–Crippen LogP) is 3.74. The molecule has 0 bridgehead atoms. The summed E-state index contributed by atoms with van der Waals surface area (Å²) in [6, 6.07) is 16.2. The van der Waals surface area contributed by atoms with E-state index in [1.165, 1.54) is 16.7 Å². The molecule has 3 N–H and O–H groups in total. The molecule has 3 heteroatoms. The molecule has 2 aromatic carbocycles. The maximum atomic E-state index is 6.28. The Morgan fingerprint density at radius 1 is 1.05 bits per heavy atom. The fraction of sp³-hybridized carbons (Fsp3) is 0.167. The SMILES string of the molecule is Cc1ccc(-c2cnc(C(N)c3ccccc3)[nH]2)c(C)c1. The van der Waals surface area contributed by atoms with Gasteiger partial charge in [0.25, 0.3) is 0 Å². The summed E-state index contributed by atoms with van der Waals surface area (Å²) in [5, 5.41) is 0. The first-order valence-electron chi connectivity index (χ1n) is 7.08. The molecule has 1 unspecified atom stereocenters. The van der Waals surface area contributed by atoms with Crippen molar-refractivity contribution < 1.29 is 0 Å². The zero-order valence-electron chi connectivity index (χ0n) is 12.3. The summed E-state index contributed by atoms with van der Waals surface area (Å²) in [6.07, 6.45) is 1.86. The van der Waals surface area contributed by atoms with Crippen LogP contribution >= 0.6 is 0 Å². The molecule has 3 rings (SSSR count). The van der Waals surface area contributed by atoms with Crippen LogP contribution < -0.4 is 5.73 Å². The Bertz CT molecular complexity index is 744. The van der Waals surface area contributed by atoms with Crippen molar-refractivity contribution in [1.82, 2.24) is 9.97 Å². The molecule has 106 valence electrons. The van der Waals surface area contributed by atoms with Crippen molar-refractivity contribution >= 4 is 0 Å². The number of nitrogens with two attached hydrogens (primary N) is 1. The van der Waals surface area contributed by atoms with Crippen molar-refractivity contribution in [3.8, 4) is 11.3 Å². The average molecular weight is 277 g/mol. The first kappa shape index (κ1) is 13.6. The summed E-state index contributed by atoms with van der Waals surface area (Å²) in [4.78, 5) is 7.80. The third-order valence-electron chi connectivity index (χ3n) is 3.72. The quantitative estimate of drug-likeness (QED) is 0.766. The van der Waals surface area contributed by atoms with Crippen molar-refractivity contribution in [2.24, 2.45) is 5.73 Å². The lowest BCUT2D eigenvalue weighted by Gasteiger charge is -2.09. The maximum Gasteiger partial charge on any atom is 0.128 e. The fourth-order valence-corrected chi connectivity index (χ4v) is 2.57. The van der Waals surface area contributed by atoms with Crippen LogP contribution in [-0.4, -0.2) is 9.97 Å². The topological polar surface area (TPSA) is 54.7 Å². The van der Waals surface area contributed by atoms with Gasteiger partial charge in [-0.15, -0.1) is 0 Å². The Labute approximate surface area is 124 Å². The molecule has 0 saturated carbocycles. The minimum atomic E-state index is -0.231. The highest BCUT2D eigenvalue weighted by atomic mass is 15.0. The average Bonchev–Trinajstić information content (AvgIpc) is 2.97. The Balaban J connectivity index is 1.93. The molecule has 0 radical (unpaired) electrons. The molecule has 0 aliphatic rings. The van der Waals surface area contributed by atoms with Crippen molar-refractivity contribution in [3.05, 3.63) is 77.2 Å². The van der Waals surface area contributed by atoms with Gasteiger partial charge in [0.1, 0.15) is 5.82 Å². The molecule has 3 aromatic rings. The Kier molecular flexibility index (Phi) is 3.59. The number of imidazole rings is 1. The highest BCUT2D eigenvalue weighted by Crippen LogP contribution is 2.25. The van der Waals surface area contributed by atoms with Gasteiger partial charge in [0.2, 0.25) is 0 Å². The van der Waals surface area contributed by atoms with Crippen molar-refractivity contribution in [3.63, 3.8) is 0 Å². The summed E-state index contributed by atoms with van der Waals surface area (Å²) >= 11 is 0. The minimum absolute atomic E-state index is 0.231. The summed E-state index contributed by atoms with van der Waals surface area (Å²) < 4.78 is 0. The highest BCUT2D eigenvalue weighted by molar-refractivity contribution is 5.63. The summed E-state index contributed by atoms with van der Waals surface area (Å²) in [5.41, 5.74) is 12.0. The molecular formula is C18H19N3. The molecule has 21 heavy (non-hydrogen) atoms. The lowest BCUT2D eigenvalue weighted by atomic mass is 10.0. The Morgan fingerprint density at radius 2 is 1.81 bits per heavy atom. The molecule has 0 fully saturated rings. The number of hydrogen-bond donors (Lipinski definition) is 2. The van der Waals surface area contributed by atoms with E-state index in [1.54, 1.807) is 0 Å². The van der Waals surface area contributed by atoms with Crippen molar-refractivity contribution in [1.29, 1.82) is 0 Å². The number of benzene rings is 2. The van der Waals surface area contributed by atoms with E-state index >= 15 is 0 Å². The van der Waals surface area contributed by atoms with Gasteiger partial charge in [-0.25, -0.2) is 4.98 Å². The normalized spacial score (nSPS) is 12.3. The van der Waals surface area contributed by atoms with Crippen LogP contribution in [0.25, 0.3) is 11.3 Å². The van der Waals surface area contributed by atoms with E-state index in [-0.39, 0.29) is 6.04 Å². The zero-order chi connectivity index (χ0) is 14.8. The number of hydrogen-bond acceptors (Lipinski definition) is 2. The standard InChI is InChI=1S/C18H19N3/c1-12-8-9-15(13(2)10-12)16-11-20-18(21-16)17(19)14-6-4-3-5-7-14/h3-11,17H,19H2,1-2H3,(H,20,21). The van der Waals surface area contributed by atoms with Crippen LogP contribution in [0.3, 0.4) is 0 Å². The van der Waals surface area contributed by atoms with E-state index in [4.69, 9.17) is 5.73 Å². The van der Waals surface area contributed by atoms with Crippen LogP contribution in [0.5, 0.6) is 0 Å². The second kappa shape index (κ2) is 5.54. The van der Waals surface area contributed by atoms with E-state index in [0.717, 1.165) is 17.1 Å². The van der Waals surface area contributed by atoms with Gasteiger partial charge in [-0.3, -0.25) is 0 Å². The number of H-pyrrole nitrogens is 1. The molecule has 0 spiro atoms. The monoisotopic (exact) mass is 277 g/mol. The van der Waals surface area contributed by atoms with Gasteiger partial charge in [-0.2, -0.15) is 0 Å². The van der Waals surface area contributed by atoms with Crippen LogP contribution in [-0.2, 0) is 0 Å². The maximum absolute atomic E-state index is 6.28. The smallest absolute Gasteiger partial charge is 0.128 e. The molecule has 0 aliphatic carbocycles. The summed E-state index contributed by atoms with van der Waals surface area (Å²) in [6.45, 7) is 4.21. The van der Waals surface area contributed by atoms with E-state index in [9.17, 15) is 0 Å². The molecule has 1 aromatic heterocycles. The Morgan fingerprint density at radius 3 is 2.52 bits per heavy atom. The number of nitrogens with zero attached hydrogens (tertiary/aromatic N) is 1. The number of aryl methyl sites for hydroxylation is 2. The molecule has 1 heterocycles. The molecule has 3 nitrogen and oxygen atoms in total. The first-order chi connectivity index (χ1) is 10.1. The third kappa shape index (κ3) is 2.73. The van der Waals surface area contributed by atoms with Crippen LogP contribution in [0.4, 0.5) is 0 Å². The van der Waals surface area contributed by atoms with E-state index < -0.39 is 0 Å². The number of rotatable bonds is 3.